The lowest BCUT2D eigenvalue weighted by Gasteiger charge is -2.11. The lowest BCUT2D eigenvalue weighted by Crippen LogP contribution is -2.20. The third kappa shape index (κ3) is 5.27. The van der Waals surface area contributed by atoms with Crippen LogP contribution in [0.5, 0.6) is 5.75 Å². The summed E-state index contributed by atoms with van der Waals surface area (Å²) in [4.78, 5) is 22.4. The van der Waals surface area contributed by atoms with Crippen molar-refractivity contribution in [1.29, 1.82) is 0 Å². The Morgan fingerprint density at radius 1 is 1.13 bits per heavy atom. The van der Waals surface area contributed by atoms with Gasteiger partial charge in [0.05, 0.1) is 28.7 Å². The van der Waals surface area contributed by atoms with Gasteiger partial charge in [0.15, 0.2) is 5.82 Å². The van der Waals surface area contributed by atoms with E-state index < -0.39 is 21.0 Å². The van der Waals surface area contributed by atoms with Crippen LogP contribution in [0.4, 0.5) is 27.7 Å². The lowest BCUT2D eigenvalue weighted by atomic mass is 10.2. The second-order valence-corrected chi connectivity index (χ2v) is 7.86. The number of rotatable bonds is 7. The maximum Gasteiger partial charge on any atom is 0.323 e. The number of nitrogens with one attached hydrogen (secondary N) is 3. The van der Waals surface area contributed by atoms with E-state index in [2.05, 4.69) is 20.5 Å². The van der Waals surface area contributed by atoms with Crippen LogP contribution in [0, 0.1) is 17.0 Å². The Morgan fingerprint density at radius 3 is 2.42 bits per heavy atom. The summed E-state index contributed by atoms with van der Waals surface area (Å²) in [5.41, 5.74) is 0.348. The number of nitro groups is 1. The van der Waals surface area contributed by atoms with Crippen molar-refractivity contribution in [2.75, 3.05) is 22.5 Å². The van der Waals surface area contributed by atoms with E-state index in [1.807, 2.05) is 0 Å². The van der Waals surface area contributed by atoms with Gasteiger partial charge in [-0.25, -0.2) is 13.2 Å². The predicted octanol–water partition coefficient (Wildman–Crippen LogP) is 3.34. The average Bonchev–Trinajstić information content (AvgIpc) is 3.12. The summed E-state index contributed by atoms with van der Waals surface area (Å²) in [6.45, 7) is 1.63. The first kappa shape index (κ1) is 21.6. The van der Waals surface area contributed by atoms with Gasteiger partial charge in [0.1, 0.15) is 11.5 Å². The molecule has 0 saturated heterocycles. The van der Waals surface area contributed by atoms with E-state index in [0.717, 1.165) is 0 Å². The monoisotopic (exact) mass is 447 g/mol. The number of carbonyl (C=O) groups is 1. The van der Waals surface area contributed by atoms with E-state index in [0.29, 0.717) is 11.4 Å². The SMILES string of the molecule is COc1cc([N+](=O)[O-])ccc1NC(=O)Nc1ccc(S(=O)(=O)Nc2cc(C)on2)cc1. The molecule has 162 valence electrons. The number of non-ortho nitro benzene ring substituents is 1. The summed E-state index contributed by atoms with van der Waals surface area (Å²) >= 11 is 0. The molecule has 31 heavy (non-hydrogen) atoms. The number of aromatic nitrogens is 1. The van der Waals surface area contributed by atoms with Crippen molar-refractivity contribution < 1.29 is 27.4 Å². The first-order valence-corrected chi connectivity index (χ1v) is 10.1. The Kier molecular flexibility index (Phi) is 6.06. The van der Waals surface area contributed by atoms with E-state index in [-0.39, 0.29) is 27.8 Å². The van der Waals surface area contributed by atoms with Crippen LogP contribution in [-0.4, -0.2) is 31.6 Å². The zero-order valence-corrected chi connectivity index (χ0v) is 17.1. The minimum absolute atomic E-state index is 0.0452. The van der Waals surface area contributed by atoms with Gasteiger partial charge in [0.2, 0.25) is 0 Å². The molecule has 0 aliphatic rings. The van der Waals surface area contributed by atoms with Crippen LogP contribution in [0.15, 0.2) is 57.9 Å². The Balaban J connectivity index is 1.67. The van der Waals surface area contributed by atoms with E-state index in [9.17, 15) is 23.3 Å². The van der Waals surface area contributed by atoms with Crippen LogP contribution in [0.2, 0.25) is 0 Å². The number of anilines is 3. The van der Waals surface area contributed by atoms with Gasteiger partial charge in [0, 0.05) is 17.8 Å². The van der Waals surface area contributed by atoms with Crippen LogP contribution in [-0.2, 0) is 10.0 Å². The van der Waals surface area contributed by atoms with Crippen LogP contribution < -0.4 is 20.1 Å². The van der Waals surface area contributed by atoms with Crippen molar-refractivity contribution in [2.45, 2.75) is 11.8 Å². The van der Waals surface area contributed by atoms with Gasteiger partial charge in [-0.05, 0) is 37.3 Å². The normalized spacial score (nSPS) is 10.9. The average molecular weight is 447 g/mol. The van der Waals surface area contributed by atoms with Gasteiger partial charge in [-0.2, -0.15) is 0 Å². The first-order valence-electron chi connectivity index (χ1n) is 8.64. The summed E-state index contributed by atoms with van der Waals surface area (Å²) in [5, 5.41) is 19.5. The number of aryl methyl sites for hydroxylation is 1. The predicted molar refractivity (Wildman–Crippen MR) is 111 cm³/mol. The molecule has 3 aromatic rings. The molecule has 0 radical (unpaired) electrons. The van der Waals surface area contributed by atoms with Crippen LogP contribution in [0.25, 0.3) is 0 Å². The number of ether oxygens (including phenoxy) is 1. The summed E-state index contributed by atoms with van der Waals surface area (Å²) in [6.07, 6.45) is 0. The van der Waals surface area contributed by atoms with Gasteiger partial charge in [0.25, 0.3) is 15.7 Å². The number of amides is 2. The van der Waals surface area contributed by atoms with Gasteiger partial charge in [-0.1, -0.05) is 5.16 Å². The number of nitrogens with zero attached hydrogens (tertiary/aromatic N) is 2. The minimum Gasteiger partial charge on any atom is -0.494 e. The van der Waals surface area contributed by atoms with Crippen LogP contribution >= 0.6 is 0 Å². The van der Waals surface area contributed by atoms with Crippen molar-refractivity contribution in [2.24, 2.45) is 0 Å². The highest BCUT2D eigenvalue weighted by Crippen LogP contribution is 2.29. The molecule has 2 aromatic carbocycles. The number of hydrogen-bond acceptors (Lipinski definition) is 8. The molecule has 0 atom stereocenters. The molecule has 3 N–H and O–H groups in total. The fraction of sp³-hybridized carbons (Fsp3) is 0.111. The van der Waals surface area contributed by atoms with Crippen molar-refractivity contribution in [3.8, 4) is 5.75 Å². The minimum atomic E-state index is -3.89. The molecule has 12 nitrogen and oxygen atoms in total. The van der Waals surface area contributed by atoms with Gasteiger partial charge in [-0.15, -0.1) is 0 Å². The van der Waals surface area contributed by atoms with Crippen molar-refractivity contribution in [3.05, 3.63) is 64.4 Å². The maximum atomic E-state index is 12.4. The molecule has 0 aliphatic carbocycles. The third-order valence-electron chi connectivity index (χ3n) is 3.93. The summed E-state index contributed by atoms with van der Waals surface area (Å²) in [7, 11) is -2.57. The first-order chi connectivity index (χ1) is 14.7. The van der Waals surface area contributed by atoms with Crippen molar-refractivity contribution in [1.82, 2.24) is 5.16 Å². The fourth-order valence-electron chi connectivity index (χ4n) is 2.51. The molecule has 0 aliphatic heterocycles. The molecule has 1 aromatic heterocycles. The molecule has 0 bridgehead atoms. The highest BCUT2D eigenvalue weighted by Gasteiger charge is 2.17. The van der Waals surface area contributed by atoms with E-state index in [1.165, 1.54) is 55.6 Å². The smallest absolute Gasteiger partial charge is 0.323 e. The Morgan fingerprint density at radius 2 is 1.84 bits per heavy atom. The second kappa shape index (κ2) is 8.71. The number of sulfonamides is 1. The van der Waals surface area contributed by atoms with E-state index in [1.54, 1.807) is 6.92 Å². The molecule has 0 spiro atoms. The fourth-order valence-corrected chi connectivity index (χ4v) is 3.49. The van der Waals surface area contributed by atoms with E-state index in [4.69, 9.17) is 9.26 Å². The summed E-state index contributed by atoms with van der Waals surface area (Å²) in [5.74, 6) is 0.615. The largest absolute Gasteiger partial charge is 0.494 e. The molecular formula is C18H17N5O7S. The number of nitro benzene ring substituents is 1. The number of urea groups is 1. The number of benzene rings is 2. The summed E-state index contributed by atoms with van der Waals surface area (Å²) < 4.78 is 36.9. The Hall–Kier alpha value is -4.13. The highest BCUT2D eigenvalue weighted by molar-refractivity contribution is 7.92. The quantitative estimate of drug-likeness (QED) is 0.366. The highest BCUT2D eigenvalue weighted by atomic mass is 32.2. The molecule has 0 unspecified atom stereocenters. The molecule has 0 fully saturated rings. The molecule has 13 heteroatoms. The Bertz CT molecular complexity index is 1220. The molecule has 1 heterocycles. The number of hydrogen-bond donors (Lipinski definition) is 3. The molecule has 3 rings (SSSR count). The zero-order chi connectivity index (χ0) is 22.6. The standard InChI is InChI=1S/C18H17N5O7S/c1-11-9-17(21-30-11)22-31(27,28)14-6-3-12(4-7-14)19-18(24)20-15-8-5-13(23(25)26)10-16(15)29-2/h3-10H,1-2H3,(H,21,22)(H2,19,20,24). The lowest BCUT2D eigenvalue weighted by molar-refractivity contribution is -0.384. The van der Waals surface area contributed by atoms with Gasteiger partial charge < -0.3 is 19.9 Å². The molecular weight excluding hydrogens is 430 g/mol. The van der Waals surface area contributed by atoms with Gasteiger partial charge in [-0.3, -0.25) is 14.8 Å². The zero-order valence-electron chi connectivity index (χ0n) is 16.3. The van der Waals surface area contributed by atoms with Crippen molar-refractivity contribution >= 4 is 38.9 Å². The van der Waals surface area contributed by atoms with E-state index >= 15 is 0 Å². The Labute approximate surface area is 176 Å². The molecule has 2 amide bonds. The van der Waals surface area contributed by atoms with Crippen molar-refractivity contribution in [3.63, 3.8) is 0 Å². The number of carbonyl (C=O) groups excluding carboxylic acids is 1. The topological polar surface area (TPSA) is 166 Å². The van der Waals surface area contributed by atoms with Crippen LogP contribution in [0.3, 0.4) is 0 Å². The van der Waals surface area contributed by atoms with Gasteiger partial charge >= 0.3 is 6.03 Å². The number of methoxy groups -OCH3 is 1. The summed E-state index contributed by atoms with van der Waals surface area (Å²) in [6, 6.07) is 9.92. The molecule has 0 saturated carbocycles. The third-order valence-corrected chi connectivity index (χ3v) is 5.30. The maximum absolute atomic E-state index is 12.4. The van der Waals surface area contributed by atoms with Crippen LogP contribution in [0.1, 0.15) is 5.76 Å². The second-order valence-electron chi connectivity index (χ2n) is 6.17.